The summed E-state index contributed by atoms with van der Waals surface area (Å²) in [5, 5.41) is 3.00. The summed E-state index contributed by atoms with van der Waals surface area (Å²) in [5.41, 5.74) is -3.64. The summed E-state index contributed by atoms with van der Waals surface area (Å²) in [6.45, 7) is 1.30. The van der Waals surface area contributed by atoms with Crippen LogP contribution >= 0.6 is 12.6 Å². The summed E-state index contributed by atoms with van der Waals surface area (Å²) < 4.78 is 77.1. The Bertz CT molecular complexity index is 448. The maximum absolute atomic E-state index is 12.9. The van der Waals surface area contributed by atoms with Gasteiger partial charge >= 0.3 is 12.4 Å². The van der Waals surface area contributed by atoms with Crippen LogP contribution in [0.15, 0.2) is 0 Å². The summed E-state index contributed by atoms with van der Waals surface area (Å²) >= 11 is 3.84. The Hall–Kier alpha value is -0.860. The number of rotatable bonds is 3. The number of thiol groups is 1. The van der Waals surface area contributed by atoms with Crippen LogP contribution in [0, 0.1) is 0 Å². The third-order valence-corrected chi connectivity index (χ3v) is 2.93. The number of aryl methyl sites for hydroxylation is 1. The van der Waals surface area contributed by atoms with E-state index in [0.717, 1.165) is 7.05 Å². The zero-order valence-electron chi connectivity index (χ0n) is 10.1. The van der Waals surface area contributed by atoms with E-state index in [1.165, 1.54) is 6.92 Å². The standard InChI is InChI=1S/C10H12F6N2S/c1-5(3-4-19)6-7(9(11,12)13)17-18(2)8(6)10(14,15)16/h5,19H,3-4H2,1-2H3. The first kappa shape index (κ1) is 16.2. The molecule has 1 aromatic rings. The predicted octanol–water partition coefficient (Wildman–Crippen LogP) is 3.88. The Morgan fingerprint density at radius 1 is 1.16 bits per heavy atom. The van der Waals surface area contributed by atoms with Gasteiger partial charge in [0.05, 0.1) is 0 Å². The van der Waals surface area contributed by atoms with E-state index in [-0.39, 0.29) is 16.9 Å². The lowest BCUT2D eigenvalue weighted by atomic mass is 9.95. The van der Waals surface area contributed by atoms with Gasteiger partial charge in [-0.25, -0.2) is 0 Å². The van der Waals surface area contributed by atoms with Crippen molar-refractivity contribution in [1.82, 2.24) is 9.78 Å². The summed E-state index contributed by atoms with van der Waals surface area (Å²) in [5.74, 6) is -0.746. The highest BCUT2D eigenvalue weighted by Crippen LogP contribution is 2.42. The lowest BCUT2D eigenvalue weighted by Gasteiger charge is -2.16. The average Bonchev–Trinajstić information content (AvgIpc) is 2.55. The van der Waals surface area contributed by atoms with Crippen molar-refractivity contribution >= 4 is 12.6 Å². The monoisotopic (exact) mass is 306 g/mol. The van der Waals surface area contributed by atoms with Gasteiger partial charge in [-0.15, -0.1) is 0 Å². The van der Waals surface area contributed by atoms with Crippen molar-refractivity contribution in [2.45, 2.75) is 31.6 Å². The first-order valence-electron chi connectivity index (χ1n) is 5.32. The van der Waals surface area contributed by atoms with Crippen LogP contribution in [0.4, 0.5) is 26.3 Å². The van der Waals surface area contributed by atoms with E-state index < -0.39 is 35.2 Å². The van der Waals surface area contributed by atoms with Gasteiger partial charge in [0, 0.05) is 12.6 Å². The van der Waals surface area contributed by atoms with Gasteiger partial charge in [0.25, 0.3) is 0 Å². The molecular formula is C10H12F6N2S. The zero-order chi connectivity index (χ0) is 15.0. The van der Waals surface area contributed by atoms with Crippen LogP contribution in [0.25, 0.3) is 0 Å². The molecule has 0 saturated carbocycles. The number of hydrogen-bond acceptors (Lipinski definition) is 2. The molecule has 0 N–H and O–H groups in total. The first-order chi connectivity index (χ1) is 8.50. The van der Waals surface area contributed by atoms with E-state index >= 15 is 0 Å². The fourth-order valence-electron chi connectivity index (χ4n) is 1.89. The van der Waals surface area contributed by atoms with Gasteiger partial charge in [-0.1, -0.05) is 6.92 Å². The van der Waals surface area contributed by atoms with Gasteiger partial charge in [0.2, 0.25) is 0 Å². The van der Waals surface area contributed by atoms with Crippen molar-refractivity contribution in [2.24, 2.45) is 7.05 Å². The highest BCUT2D eigenvalue weighted by atomic mass is 32.1. The molecule has 0 aliphatic carbocycles. The third kappa shape index (κ3) is 3.37. The summed E-state index contributed by atoms with van der Waals surface area (Å²) in [6.07, 6.45) is -9.70. The van der Waals surface area contributed by atoms with E-state index in [0.29, 0.717) is 0 Å². The van der Waals surface area contributed by atoms with Crippen LogP contribution in [0.3, 0.4) is 0 Å². The molecule has 9 heteroatoms. The fourth-order valence-corrected chi connectivity index (χ4v) is 2.28. The zero-order valence-corrected chi connectivity index (χ0v) is 11.0. The van der Waals surface area contributed by atoms with E-state index in [1.807, 2.05) is 0 Å². The van der Waals surface area contributed by atoms with E-state index in [4.69, 9.17) is 0 Å². The summed E-state index contributed by atoms with van der Waals surface area (Å²) in [4.78, 5) is 0. The van der Waals surface area contributed by atoms with Crippen molar-refractivity contribution in [1.29, 1.82) is 0 Å². The molecule has 110 valence electrons. The molecule has 0 saturated heterocycles. The second kappa shape index (κ2) is 5.26. The van der Waals surface area contributed by atoms with Crippen molar-refractivity contribution < 1.29 is 26.3 Å². The molecule has 0 radical (unpaired) electrons. The van der Waals surface area contributed by atoms with Gasteiger partial charge in [-0.2, -0.15) is 44.1 Å². The quantitative estimate of drug-likeness (QED) is 0.663. The number of halogens is 6. The van der Waals surface area contributed by atoms with Crippen LogP contribution in [0.5, 0.6) is 0 Å². The minimum absolute atomic E-state index is 0.0982. The molecule has 1 rings (SSSR count). The van der Waals surface area contributed by atoms with E-state index in [1.54, 1.807) is 0 Å². The fraction of sp³-hybridized carbons (Fsp3) is 0.700. The third-order valence-electron chi connectivity index (χ3n) is 2.68. The van der Waals surface area contributed by atoms with E-state index in [2.05, 4.69) is 17.7 Å². The second-order valence-electron chi connectivity index (χ2n) is 4.14. The second-order valence-corrected chi connectivity index (χ2v) is 4.59. The van der Waals surface area contributed by atoms with Gasteiger partial charge in [-0.3, -0.25) is 4.68 Å². The van der Waals surface area contributed by atoms with E-state index in [9.17, 15) is 26.3 Å². The Balaban J connectivity index is 3.52. The van der Waals surface area contributed by atoms with Crippen LogP contribution < -0.4 is 0 Å². The average molecular weight is 306 g/mol. The lowest BCUT2D eigenvalue weighted by molar-refractivity contribution is -0.145. The molecule has 2 nitrogen and oxygen atoms in total. The molecule has 1 atom stereocenters. The molecule has 0 spiro atoms. The highest BCUT2D eigenvalue weighted by molar-refractivity contribution is 7.80. The number of nitrogens with zero attached hydrogens (tertiary/aromatic N) is 2. The normalized spacial score (nSPS) is 14.8. The molecular weight excluding hydrogens is 294 g/mol. The lowest BCUT2D eigenvalue weighted by Crippen LogP contribution is -2.16. The SMILES string of the molecule is CC(CCS)c1c(C(F)(F)F)nn(C)c1C(F)(F)F. The van der Waals surface area contributed by atoms with Crippen LogP contribution in [-0.4, -0.2) is 15.5 Å². The highest BCUT2D eigenvalue weighted by Gasteiger charge is 2.46. The van der Waals surface area contributed by atoms with Crippen LogP contribution in [0.2, 0.25) is 0 Å². The topological polar surface area (TPSA) is 17.8 Å². The van der Waals surface area contributed by atoms with Crippen LogP contribution in [0.1, 0.15) is 36.2 Å². The van der Waals surface area contributed by atoms with Gasteiger partial charge in [-0.05, 0) is 18.1 Å². The number of alkyl halides is 6. The molecule has 0 aliphatic rings. The molecule has 19 heavy (non-hydrogen) atoms. The molecule has 0 bridgehead atoms. The minimum Gasteiger partial charge on any atom is -0.263 e. The Morgan fingerprint density at radius 3 is 2.05 bits per heavy atom. The molecule has 0 aliphatic heterocycles. The Kier molecular flexibility index (Phi) is 4.48. The van der Waals surface area contributed by atoms with Gasteiger partial charge in [0.15, 0.2) is 5.69 Å². The molecule has 1 unspecified atom stereocenters. The maximum atomic E-state index is 12.9. The van der Waals surface area contributed by atoms with Crippen molar-refractivity contribution in [3.8, 4) is 0 Å². The Labute approximate surface area is 111 Å². The van der Waals surface area contributed by atoms with Crippen molar-refractivity contribution in [3.63, 3.8) is 0 Å². The summed E-state index contributed by atoms with van der Waals surface area (Å²) in [7, 11) is 0.856. The first-order valence-corrected chi connectivity index (χ1v) is 5.95. The summed E-state index contributed by atoms with van der Waals surface area (Å²) in [6, 6.07) is 0. The van der Waals surface area contributed by atoms with Crippen molar-refractivity contribution in [2.75, 3.05) is 5.75 Å². The molecule has 0 aromatic carbocycles. The van der Waals surface area contributed by atoms with Crippen LogP contribution in [-0.2, 0) is 19.4 Å². The molecule has 0 fully saturated rings. The van der Waals surface area contributed by atoms with Crippen molar-refractivity contribution in [3.05, 3.63) is 17.0 Å². The Morgan fingerprint density at radius 2 is 1.68 bits per heavy atom. The minimum atomic E-state index is -4.92. The molecule has 1 heterocycles. The molecule has 1 aromatic heterocycles. The number of aromatic nitrogens is 2. The van der Waals surface area contributed by atoms with Gasteiger partial charge in [0.1, 0.15) is 5.69 Å². The number of hydrogen-bond donors (Lipinski definition) is 1. The molecule has 0 amide bonds. The van der Waals surface area contributed by atoms with Gasteiger partial charge < -0.3 is 0 Å². The maximum Gasteiger partial charge on any atom is 0.435 e. The smallest absolute Gasteiger partial charge is 0.263 e. The largest absolute Gasteiger partial charge is 0.435 e. The predicted molar refractivity (Wildman–Crippen MR) is 60.1 cm³/mol.